The number of hydrogen-bond donors (Lipinski definition) is 1. The van der Waals surface area contributed by atoms with E-state index in [4.69, 9.17) is 11.6 Å². The predicted molar refractivity (Wildman–Crippen MR) is 105 cm³/mol. The van der Waals surface area contributed by atoms with Crippen LogP contribution in [-0.2, 0) is 12.9 Å². The molecule has 0 radical (unpaired) electrons. The number of halogens is 2. The summed E-state index contributed by atoms with van der Waals surface area (Å²) in [5.74, 6) is 0.984. The summed E-state index contributed by atoms with van der Waals surface area (Å²) in [5, 5.41) is 7.59. The summed E-state index contributed by atoms with van der Waals surface area (Å²) in [5.41, 5.74) is 3.08. The number of piperidine rings is 1. The molecule has 1 aromatic heterocycles. The number of rotatable bonds is 4. The van der Waals surface area contributed by atoms with E-state index in [-0.39, 0.29) is 11.6 Å². The number of hydrogen-bond acceptors (Lipinski definition) is 4. The minimum absolute atomic E-state index is 0.137. The molecule has 1 N–H and O–H groups in total. The second-order valence-electron chi connectivity index (χ2n) is 6.67. The molecule has 0 aliphatic carbocycles. The normalized spacial score (nSPS) is 21.3. The number of benzene rings is 1. The van der Waals surface area contributed by atoms with Crippen molar-refractivity contribution in [3.8, 4) is 0 Å². The molecule has 0 saturated carbocycles. The van der Waals surface area contributed by atoms with E-state index in [1.807, 2.05) is 0 Å². The first-order chi connectivity index (χ1) is 12.0. The standard InChI is InChI=1S/C18H22BrClN4O/c1-23-10-14(13-5-3-12(8-20)4-6-13)7-15(11-23)22-16-9-21-24(2)18(25)17(16)19/h3-6,9,14-15,22H,7-8,10-11H2,1-2H3. The number of likely N-dealkylation sites (N-methyl/N-ethyl adjacent to an activating group) is 1. The van der Waals surface area contributed by atoms with Crippen LogP contribution in [0.4, 0.5) is 5.69 Å². The molecule has 1 aliphatic rings. The number of nitrogens with one attached hydrogen (secondary N) is 1. The van der Waals surface area contributed by atoms with Crippen molar-refractivity contribution in [2.75, 3.05) is 25.5 Å². The average Bonchev–Trinajstić information content (AvgIpc) is 2.62. The topological polar surface area (TPSA) is 50.2 Å². The Hall–Kier alpha value is -1.37. The van der Waals surface area contributed by atoms with Crippen molar-refractivity contribution in [3.63, 3.8) is 0 Å². The van der Waals surface area contributed by atoms with Crippen LogP contribution in [0, 0.1) is 0 Å². The molecule has 25 heavy (non-hydrogen) atoms. The van der Waals surface area contributed by atoms with E-state index >= 15 is 0 Å². The SMILES string of the molecule is CN1CC(Nc2cnn(C)c(=O)c2Br)CC(c2ccc(CCl)cc2)C1. The molecule has 2 atom stereocenters. The fourth-order valence-electron chi connectivity index (χ4n) is 3.38. The fourth-order valence-corrected chi connectivity index (χ4v) is 4.03. The summed E-state index contributed by atoms with van der Waals surface area (Å²) < 4.78 is 1.85. The van der Waals surface area contributed by atoms with Gasteiger partial charge in [-0.2, -0.15) is 5.10 Å². The maximum Gasteiger partial charge on any atom is 0.282 e. The molecule has 2 heterocycles. The van der Waals surface area contributed by atoms with Crippen LogP contribution >= 0.6 is 27.5 Å². The zero-order valence-electron chi connectivity index (χ0n) is 14.4. The van der Waals surface area contributed by atoms with Gasteiger partial charge in [0.05, 0.1) is 11.9 Å². The largest absolute Gasteiger partial charge is 0.379 e. The first kappa shape index (κ1) is 18.4. The summed E-state index contributed by atoms with van der Waals surface area (Å²) in [6.45, 7) is 1.95. The van der Waals surface area contributed by atoms with Gasteiger partial charge in [0.15, 0.2) is 0 Å². The van der Waals surface area contributed by atoms with Crippen LogP contribution in [0.2, 0.25) is 0 Å². The van der Waals surface area contributed by atoms with E-state index in [0.717, 1.165) is 30.8 Å². The number of nitrogens with zero attached hydrogens (tertiary/aromatic N) is 3. The predicted octanol–water partition coefficient (Wildman–Crippen LogP) is 3.18. The van der Waals surface area contributed by atoms with Gasteiger partial charge in [-0.25, -0.2) is 4.68 Å². The van der Waals surface area contributed by atoms with E-state index in [1.54, 1.807) is 13.2 Å². The Kier molecular flexibility index (Phi) is 5.81. The van der Waals surface area contributed by atoms with Gasteiger partial charge in [0.2, 0.25) is 0 Å². The Labute approximate surface area is 161 Å². The third kappa shape index (κ3) is 4.25. The molecule has 3 rings (SSSR count). The van der Waals surface area contributed by atoms with Crippen LogP contribution < -0.4 is 10.9 Å². The van der Waals surface area contributed by atoms with E-state index in [2.05, 4.69) is 62.6 Å². The van der Waals surface area contributed by atoms with Crippen LogP contribution in [0.1, 0.15) is 23.5 Å². The number of aryl methyl sites for hydroxylation is 1. The van der Waals surface area contributed by atoms with Crippen molar-refractivity contribution in [1.82, 2.24) is 14.7 Å². The van der Waals surface area contributed by atoms with E-state index in [9.17, 15) is 4.79 Å². The highest BCUT2D eigenvalue weighted by Crippen LogP contribution is 2.29. The summed E-state index contributed by atoms with van der Waals surface area (Å²) in [7, 11) is 3.77. The molecule has 1 saturated heterocycles. The highest BCUT2D eigenvalue weighted by molar-refractivity contribution is 9.10. The second-order valence-corrected chi connectivity index (χ2v) is 7.73. The van der Waals surface area contributed by atoms with Gasteiger partial charge in [0, 0.05) is 32.1 Å². The molecule has 1 aromatic carbocycles. The zero-order valence-corrected chi connectivity index (χ0v) is 16.7. The maximum absolute atomic E-state index is 12.0. The lowest BCUT2D eigenvalue weighted by Crippen LogP contribution is -2.43. The Morgan fingerprint density at radius 3 is 2.68 bits per heavy atom. The molecule has 1 fully saturated rings. The lowest BCUT2D eigenvalue weighted by molar-refractivity contribution is 0.235. The number of aromatic nitrogens is 2. The molecule has 0 bridgehead atoms. The summed E-state index contributed by atoms with van der Waals surface area (Å²) in [4.78, 5) is 14.4. The minimum atomic E-state index is -0.137. The zero-order chi connectivity index (χ0) is 18.0. The Morgan fingerprint density at radius 1 is 1.28 bits per heavy atom. The van der Waals surface area contributed by atoms with Crippen molar-refractivity contribution >= 4 is 33.2 Å². The number of alkyl halides is 1. The molecule has 7 heteroatoms. The van der Waals surface area contributed by atoms with Crippen molar-refractivity contribution in [1.29, 1.82) is 0 Å². The van der Waals surface area contributed by atoms with Gasteiger partial charge < -0.3 is 10.2 Å². The average molecular weight is 426 g/mol. The van der Waals surface area contributed by atoms with Crippen LogP contribution in [0.3, 0.4) is 0 Å². The van der Waals surface area contributed by atoms with Crippen LogP contribution in [-0.4, -0.2) is 40.9 Å². The molecule has 0 spiro atoms. The van der Waals surface area contributed by atoms with Crippen LogP contribution in [0.5, 0.6) is 0 Å². The van der Waals surface area contributed by atoms with Gasteiger partial charge in [0.1, 0.15) is 4.47 Å². The molecular formula is C18H22BrClN4O. The van der Waals surface area contributed by atoms with Gasteiger partial charge in [-0.05, 0) is 46.4 Å². The van der Waals surface area contributed by atoms with Crippen LogP contribution in [0.25, 0.3) is 0 Å². The molecule has 1 aliphatic heterocycles. The highest BCUT2D eigenvalue weighted by atomic mass is 79.9. The van der Waals surface area contributed by atoms with Crippen molar-refractivity contribution in [3.05, 3.63) is 56.4 Å². The minimum Gasteiger partial charge on any atom is -0.379 e. The molecule has 5 nitrogen and oxygen atoms in total. The first-order valence-electron chi connectivity index (χ1n) is 8.29. The number of likely N-dealkylation sites (tertiary alicyclic amines) is 1. The first-order valence-corrected chi connectivity index (χ1v) is 9.62. The van der Waals surface area contributed by atoms with Gasteiger partial charge in [-0.3, -0.25) is 4.79 Å². The third-order valence-corrected chi connectivity index (χ3v) is 5.75. The second kappa shape index (κ2) is 7.89. The van der Waals surface area contributed by atoms with Gasteiger partial charge in [0.25, 0.3) is 5.56 Å². The smallest absolute Gasteiger partial charge is 0.282 e. The maximum atomic E-state index is 12.0. The lowest BCUT2D eigenvalue weighted by Gasteiger charge is -2.37. The fraction of sp³-hybridized carbons (Fsp3) is 0.444. The molecular weight excluding hydrogens is 404 g/mol. The van der Waals surface area contributed by atoms with Crippen molar-refractivity contribution in [2.24, 2.45) is 7.05 Å². The quantitative estimate of drug-likeness (QED) is 0.765. The lowest BCUT2D eigenvalue weighted by atomic mass is 9.88. The van der Waals surface area contributed by atoms with Gasteiger partial charge >= 0.3 is 0 Å². The molecule has 134 valence electrons. The number of anilines is 1. The van der Waals surface area contributed by atoms with E-state index in [1.165, 1.54) is 10.2 Å². The third-order valence-electron chi connectivity index (χ3n) is 4.68. The van der Waals surface area contributed by atoms with Crippen molar-refractivity contribution in [2.45, 2.75) is 24.3 Å². The van der Waals surface area contributed by atoms with E-state index < -0.39 is 0 Å². The molecule has 0 amide bonds. The van der Waals surface area contributed by atoms with Gasteiger partial charge in [-0.1, -0.05) is 24.3 Å². The van der Waals surface area contributed by atoms with Crippen molar-refractivity contribution < 1.29 is 0 Å². The van der Waals surface area contributed by atoms with E-state index in [0.29, 0.717) is 16.3 Å². The summed E-state index contributed by atoms with van der Waals surface area (Å²) in [6.07, 6.45) is 2.70. The Morgan fingerprint density at radius 2 is 2.00 bits per heavy atom. The highest BCUT2D eigenvalue weighted by Gasteiger charge is 2.27. The Balaban J connectivity index is 1.76. The molecule has 2 unspecified atom stereocenters. The molecule has 2 aromatic rings. The Bertz CT molecular complexity index is 793. The monoisotopic (exact) mass is 424 g/mol. The van der Waals surface area contributed by atoms with Crippen LogP contribution in [0.15, 0.2) is 39.7 Å². The summed E-state index contributed by atoms with van der Waals surface area (Å²) >= 11 is 9.27. The van der Waals surface area contributed by atoms with Gasteiger partial charge in [-0.15, -0.1) is 11.6 Å². The summed E-state index contributed by atoms with van der Waals surface area (Å²) in [6, 6.07) is 8.80.